The van der Waals surface area contributed by atoms with Gasteiger partial charge in [-0.15, -0.1) is 11.3 Å². The van der Waals surface area contributed by atoms with Crippen LogP contribution in [0.3, 0.4) is 0 Å². The Bertz CT molecular complexity index is 727. The summed E-state index contributed by atoms with van der Waals surface area (Å²) in [5, 5.41) is 0.997. The zero-order chi connectivity index (χ0) is 16.4. The zero-order valence-corrected chi connectivity index (χ0v) is 14.4. The van der Waals surface area contributed by atoms with Crippen molar-refractivity contribution in [2.75, 3.05) is 20.8 Å². The lowest BCUT2D eigenvalue weighted by atomic mass is 9.98. The summed E-state index contributed by atoms with van der Waals surface area (Å²) in [6, 6.07) is 3.98. The van der Waals surface area contributed by atoms with E-state index in [0.29, 0.717) is 23.7 Å². The van der Waals surface area contributed by atoms with Gasteiger partial charge in [-0.25, -0.2) is 4.98 Å². The van der Waals surface area contributed by atoms with Crippen molar-refractivity contribution in [2.24, 2.45) is 0 Å². The number of hydrogen-bond donors (Lipinski definition) is 0. The van der Waals surface area contributed by atoms with Crippen molar-refractivity contribution in [3.05, 3.63) is 39.3 Å². The van der Waals surface area contributed by atoms with E-state index in [2.05, 4.69) is 4.98 Å². The minimum atomic E-state index is 0.0580. The molecule has 3 rings (SSSR count). The first-order valence-electron chi connectivity index (χ1n) is 7.64. The third-order valence-electron chi connectivity index (χ3n) is 4.07. The molecule has 0 aliphatic carbocycles. The minimum absolute atomic E-state index is 0.0580. The van der Waals surface area contributed by atoms with E-state index in [4.69, 9.17) is 9.47 Å². The largest absolute Gasteiger partial charge is 0.493 e. The highest BCUT2D eigenvalue weighted by Crippen LogP contribution is 2.33. The van der Waals surface area contributed by atoms with E-state index in [9.17, 15) is 4.79 Å². The van der Waals surface area contributed by atoms with Crippen LogP contribution in [0.15, 0.2) is 18.3 Å². The van der Waals surface area contributed by atoms with E-state index in [-0.39, 0.29) is 5.91 Å². The smallest absolute Gasteiger partial charge is 0.265 e. The normalized spacial score (nSPS) is 13.6. The molecule has 1 aromatic carbocycles. The second-order valence-electron chi connectivity index (χ2n) is 5.42. The monoisotopic (exact) mass is 332 g/mol. The standard InChI is InChI=1S/C17H20N2O3S/c1-4-16-18-9-15(23-16)17(20)19-6-5-11-7-13(21-2)14(22-3)8-12(11)10-19/h7-9H,4-6,10H2,1-3H3. The number of carbonyl (C=O) groups excluding carboxylic acids is 1. The summed E-state index contributed by atoms with van der Waals surface area (Å²) in [6.45, 7) is 3.35. The quantitative estimate of drug-likeness (QED) is 0.864. The second kappa shape index (κ2) is 6.58. The first-order chi connectivity index (χ1) is 11.2. The molecule has 0 N–H and O–H groups in total. The summed E-state index contributed by atoms with van der Waals surface area (Å²) in [4.78, 5) is 19.5. The summed E-state index contributed by atoms with van der Waals surface area (Å²) in [7, 11) is 3.26. The third-order valence-corrected chi connectivity index (χ3v) is 5.20. The van der Waals surface area contributed by atoms with Gasteiger partial charge in [0, 0.05) is 13.1 Å². The van der Waals surface area contributed by atoms with Crippen molar-refractivity contribution in [1.82, 2.24) is 9.88 Å². The Hall–Kier alpha value is -2.08. The van der Waals surface area contributed by atoms with Crippen LogP contribution in [0.4, 0.5) is 0 Å². The fourth-order valence-corrected chi connectivity index (χ4v) is 3.61. The fraction of sp³-hybridized carbons (Fsp3) is 0.412. The van der Waals surface area contributed by atoms with Crippen molar-refractivity contribution in [3.63, 3.8) is 0 Å². The molecule has 0 saturated carbocycles. The molecule has 0 atom stereocenters. The third kappa shape index (κ3) is 3.03. The van der Waals surface area contributed by atoms with Crippen LogP contribution in [0.2, 0.25) is 0 Å². The molecule has 1 amide bonds. The van der Waals surface area contributed by atoms with Gasteiger partial charge >= 0.3 is 0 Å². The first-order valence-corrected chi connectivity index (χ1v) is 8.45. The van der Waals surface area contributed by atoms with E-state index in [1.807, 2.05) is 24.0 Å². The number of carbonyl (C=O) groups is 1. The van der Waals surface area contributed by atoms with Gasteiger partial charge in [-0.2, -0.15) is 0 Å². The van der Waals surface area contributed by atoms with Crippen LogP contribution in [0.25, 0.3) is 0 Å². The minimum Gasteiger partial charge on any atom is -0.493 e. The number of amides is 1. The van der Waals surface area contributed by atoms with Crippen LogP contribution in [-0.4, -0.2) is 36.6 Å². The van der Waals surface area contributed by atoms with Crippen molar-refractivity contribution in [3.8, 4) is 11.5 Å². The van der Waals surface area contributed by atoms with Gasteiger partial charge in [0.1, 0.15) is 4.88 Å². The van der Waals surface area contributed by atoms with Crippen LogP contribution < -0.4 is 9.47 Å². The number of aryl methyl sites for hydroxylation is 1. The average molecular weight is 332 g/mol. The van der Waals surface area contributed by atoms with Gasteiger partial charge in [-0.3, -0.25) is 4.79 Å². The van der Waals surface area contributed by atoms with Crippen LogP contribution in [0.1, 0.15) is 32.7 Å². The van der Waals surface area contributed by atoms with Gasteiger partial charge in [0.2, 0.25) is 0 Å². The van der Waals surface area contributed by atoms with Gasteiger partial charge in [-0.1, -0.05) is 6.92 Å². The Morgan fingerprint density at radius 1 is 1.26 bits per heavy atom. The van der Waals surface area contributed by atoms with E-state index in [0.717, 1.165) is 29.2 Å². The predicted octanol–water partition coefficient (Wildman–Crippen LogP) is 2.92. The molecule has 1 aromatic heterocycles. The second-order valence-corrected chi connectivity index (χ2v) is 6.54. The molecular formula is C17H20N2O3S. The maximum Gasteiger partial charge on any atom is 0.265 e. The lowest BCUT2D eigenvalue weighted by Gasteiger charge is -2.29. The van der Waals surface area contributed by atoms with Gasteiger partial charge in [0.25, 0.3) is 5.91 Å². The van der Waals surface area contributed by atoms with E-state index in [1.165, 1.54) is 16.9 Å². The van der Waals surface area contributed by atoms with Crippen molar-refractivity contribution in [1.29, 1.82) is 0 Å². The van der Waals surface area contributed by atoms with Crippen LogP contribution in [0, 0.1) is 0 Å². The summed E-state index contributed by atoms with van der Waals surface area (Å²) >= 11 is 1.48. The highest BCUT2D eigenvalue weighted by molar-refractivity contribution is 7.13. The highest BCUT2D eigenvalue weighted by Gasteiger charge is 2.24. The van der Waals surface area contributed by atoms with E-state index < -0.39 is 0 Å². The maximum atomic E-state index is 12.7. The number of ether oxygens (including phenoxy) is 2. The number of aromatic nitrogens is 1. The van der Waals surface area contributed by atoms with Crippen molar-refractivity contribution >= 4 is 17.2 Å². The summed E-state index contributed by atoms with van der Waals surface area (Å²) in [5.41, 5.74) is 2.33. The molecule has 6 heteroatoms. The Balaban J connectivity index is 1.83. The molecule has 23 heavy (non-hydrogen) atoms. The molecule has 0 spiro atoms. The molecule has 2 heterocycles. The number of rotatable bonds is 4. The Kier molecular flexibility index (Phi) is 4.52. The Labute approximate surface area is 139 Å². The SMILES string of the molecule is CCc1ncc(C(=O)N2CCc3cc(OC)c(OC)cc3C2)s1. The average Bonchev–Trinajstić information content (AvgIpc) is 3.08. The van der Waals surface area contributed by atoms with Crippen molar-refractivity contribution in [2.45, 2.75) is 26.3 Å². The number of hydrogen-bond acceptors (Lipinski definition) is 5. The van der Waals surface area contributed by atoms with Gasteiger partial charge in [0.15, 0.2) is 11.5 Å². The molecule has 1 aliphatic rings. The number of benzene rings is 1. The molecule has 0 unspecified atom stereocenters. The summed E-state index contributed by atoms with van der Waals surface area (Å²) < 4.78 is 10.7. The summed E-state index contributed by atoms with van der Waals surface area (Å²) in [5.74, 6) is 1.50. The Morgan fingerprint density at radius 2 is 1.96 bits per heavy atom. The predicted molar refractivity (Wildman–Crippen MR) is 89.5 cm³/mol. The number of thiazole rings is 1. The lowest BCUT2D eigenvalue weighted by Crippen LogP contribution is -2.35. The van der Waals surface area contributed by atoms with E-state index >= 15 is 0 Å². The number of nitrogens with zero attached hydrogens (tertiary/aromatic N) is 2. The molecule has 0 radical (unpaired) electrons. The topological polar surface area (TPSA) is 51.7 Å². The number of fused-ring (bicyclic) bond motifs is 1. The van der Waals surface area contributed by atoms with Crippen LogP contribution in [0.5, 0.6) is 11.5 Å². The molecule has 0 saturated heterocycles. The maximum absolute atomic E-state index is 12.7. The van der Waals surface area contributed by atoms with Gasteiger partial charge < -0.3 is 14.4 Å². The molecule has 1 aliphatic heterocycles. The molecule has 0 fully saturated rings. The first kappa shape index (κ1) is 15.8. The lowest BCUT2D eigenvalue weighted by molar-refractivity contribution is 0.0739. The van der Waals surface area contributed by atoms with E-state index in [1.54, 1.807) is 20.4 Å². The Morgan fingerprint density at radius 3 is 2.57 bits per heavy atom. The van der Waals surface area contributed by atoms with Crippen LogP contribution in [-0.2, 0) is 19.4 Å². The van der Waals surface area contributed by atoms with Gasteiger partial charge in [0.05, 0.1) is 25.4 Å². The fourth-order valence-electron chi connectivity index (χ4n) is 2.78. The molecule has 5 nitrogen and oxygen atoms in total. The molecule has 122 valence electrons. The van der Waals surface area contributed by atoms with Crippen LogP contribution >= 0.6 is 11.3 Å². The molecule has 2 aromatic rings. The van der Waals surface area contributed by atoms with Gasteiger partial charge in [-0.05, 0) is 36.1 Å². The summed E-state index contributed by atoms with van der Waals surface area (Å²) in [6.07, 6.45) is 3.37. The highest BCUT2D eigenvalue weighted by atomic mass is 32.1. The number of methoxy groups -OCH3 is 2. The molecule has 0 bridgehead atoms. The zero-order valence-electron chi connectivity index (χ0n) is 13.6. The molecular weight excluding hydrogens is 312 g/mol. The van der Waals surface area contributed by atoms with Crippen molar-refractivity contribution < 1.29 is 14.3 Å².